The Kier molecular flexibility index (Phi) is 18.5. The van der Waals surface area contributed by atoms with Gasteiger partial charge in [0.2, 0.25) is 0 Å². The summed E-state index contributed by atoms with van der Waals surface area (Å²) in [5, 5.41) is 0. The smallest absolute Gasteiger partial charge is 1.00 e. The van der Waals surface area contributed by atoms with Crippen molar-refractivity contribution in [2.45, 2.75) is 116 Å². The molecule has 3 fully saturated rings. The maximum Gasteiger partial charge on any atom is 2.00 e. The third kappa shape index (κ3) is 11.1. The second kappa shape index (κ2) is 23.6. The van der Waals surface area contributed by atoms with Crippen LogP contribution in [0.3, 0.4) is 0 Å². The average Bonchev–Trinajstić information content (AvgIpc) is 3.78. The summed E-state index contributed by atoms with van der Waals surface area (Å²) in [7, 11) is 3.48. The molecular formula is C58H71BrMgO6. The number of fused-ring (bicyclic) bond motifs is 10. The number of aryl methyl sites for hydroxylation is 2. The topological polar surface area (TPSA) is 71.1 Å². The molecule has 0 aliphatic heterocycles. The number of ether oxygens (including phenoxy) is 4. The first kappa shape index (κ1) is 51.8. The van der Waals surface area contributed by atoms with Gasteiger partial charge in [-0.15, -0.1) is 0 Å². The molecule has 0 amide bonds. The van der Waals surface area contributed by atoms with E-state index in [1.165, 1.54) is 35.1 Å². The van der Waals surface area contributed by atoms with Crippen LogP contribution < -0.4 is 35.9 Å². The Hall–Kier alpha value is -3.59. The SMILES string of the molecule is COc1ccc2c(c1)CC[C@@H]1[C@@H]2CC[C@]2(C)C(=O)C=C[C@@H]12.COc1ccc2c(c1)CC[C@H]1[C@@H]3[C@H](CCCCOc4ccccc4)CC(=O)[C@@]3(C)CC[C@H]21.[Br-].[CH2-]CCCOc1ccccc1.[Mg+2]. The van der Waals surface area contributed by atoms with Gasteiger partial charge in [0.05, 0.1) is 27.4 Å². The number of para-hydroxylation sites is 2. The van der Waals surface area contributed by atoms with Crippen molar-refractivity contribution in [3.63, 3.8) is 0 Å². The van der Waals surface area contributed by atoms with Gasteiger partial charge in [0.15, 0.2) is 5.78 Å². The van der Waals surface area contributed by atoms with Gasteiger partial charge in [-0.3, -0.25) is 9.59 Å². The second-order valence-corrected chi connectivity index (χ2v) is 19.8. The van der Waals surface area contributed by atoms with Crippen LogP contribution in [0, 0.1) is 47.3 Å². The molecule has 0 unspecified atom stereocenters. The molecule has 66 heavy (non-hydrogen) atoms. The molecule has 4 aromatic carbocycles. The maximum atomic E-state index is 13.2. The first-order valence-corrected chi connectivity index (χ1v) is 24.4. The Labute approximate surface area is 422 Å². The van der Waals surface area contributed by atoms with Crippen LogP contribution in [0.25, 0.3) is 0 Å². The number of carbonyl (C=O) groups is 2. The number of benzene rings is 4. The van der Waals surface area contributed by atoms with Gasteiger partial charge in [0.25, 0.3) is 0 Å². The molecule has 0 bridgehead atoms. The number of Topliss-reactive ketones (excluding diaryl/α,β-unsaturated/α-hetero) is 1. The van der Waals surface area contributed by atoms with Gasteiger partial charge in [0.1, 0.15) is 28.8 Å². The van der Waals surface area contributed by atoms with Crippen LogP contribution in [0.5, 0.6) is 23.0 Å². The summed E-state index contributed by atoms with van der Waals surface area (Å²) in [4.78, 5) is 25.4. The zero-order chi connectivity index (χ0) is 44.7. The fraction of sp³-hybridized carbons (Fsp3) is 0.500. The van der Waals surface area contributed by atoms with Gasteiger partial charge < -0.3 is 42.9 Å². The Morgan fingerprint density at radius 2 is 1.17 bits per heavy atom. The fourth-order valence-electron chi connectivity index (χ4n) is 13.0. The zero-order valence-corrected chi connectivity index (χ0v) is 43.0. The van der Waals surface area contributed by atoms with E-state index in [2.05, 4.69) is 63.2 Å². The largest absolute Gasteiger partial charge is 2.00 e. The third-order valence-corrected chi connectivity index (χ3v) is 16.4. The van der Waals surface area contributed by atoms with Crippen molar-refractivity contribution < 1.29 is 45.5 Å². The molecule has 348 valence electrons. The summed E-state index contributed by atoms with van der Waals surface area (Å²) in [6.07, 6.45) is 19.2. The third-order valence-electron chi connectivity index (χ3n) is 16.4. The van der Waals surface area contributed by atoms with Crippen molar-refractivity contribution in [1.82, 2.24) is 0 Å². The molecule has 0 spiro atoms. The molecule has 0 heterocycles. The summed E-state index contributed by atoms with van der Waals surface area (Å²) in [5.74, 6) is 8.74. The molecule has 6 aliphatic rings. The zero-order valence-electron chi connectivity index (χ0n) is 40.0. The summed E-state index contributed by atoms with van der Waals surface area (Å²) in [5.41, 5.74) is 5.72. The molecule has 8 heteroatoms. The first-order chi connectivity index (χ1) is 31.2. The van der Waals surface area contributed by atoms with E-state index >= 15 is 0 Å². The molecule has 0 aromatic heterocycles. The van der Waals surface area contributed by atoms with Crippen LogP contribution in [0.1, 0.15) is 125 Å². The minimum Gasteiger partial charge on any atom is -1.00 e. The predicted molar refractivity (Wildman–Crippen MR) is 262 cm³/mol. The number of hydrogen-bond acceptors (Lipinski definition) is 6. The molecule has 0 N–H and O–H groups in total. The van der Waals surface area contributed by atoms with Crippen molar-refractivity contribution in [3.05, 3.63) is 138 Å². The molecule has 6 nitrogen and oxygen atoms in total. The van der Waals surface area contributed by atoms with Crippen molar-refractivity contribution in [2.24, 2.45) is 40.4 Å². The van der Waals surface area contributed by atoms with Crippen LogP contribution in [0.4, 0.5) is 0 Å². The Morgan fingerprint density at radius 3 is 1.73 bits per heavy atom. The van der Waals surface area contributed by atoms with E-state index in [-0.39, 0.29) is 50.9 Å². The molecule has 6 aliphatic carbocycles. The van der Waals surface area contributed by atoms with E-state index in [9.17, 15) is 9.59 Å². The van der Waals surface area contributed by atoms with E-state index in [1.54, 1.807) is 14.2 Å². The number of rotatable bonds is 12. The van der Waals surface area contributed by atoms with Crippen molar-refractivity contribution in [3.8, 4) is 23.0 Å². The molecule has 9 atom stereocenters. The van der Waals surface area contributed by atoms with E-state index in [1.807, 2.05) is 66.7 Å². The Bertz CT molecular complexity index is 2230. The molecule has 3 saturated carbocycles. The van der Waals surface area contributed by atoms with Gasteiger partial charge in [-0.1, -0.05) is 68.5 Å². The van der Waals surface area contributed by atoms with E-state index in [0.717, 1.165) is 113 Å². The summed E-state index contributed by atoms with van der Waals surface area (Å²) >= 11 is 0. The van der Waals surface area contributed by atoms with E-state index in [0.29, 0.717) is 53.0 Å². The number of unbranched alkanes of at least 4 members (excludes halogenated alkanes) is 2. The quantitative estimate of drug-likeness (QED) is 0.0801. The number of allylic oxidation sites excluding steroid dienone is 2. The molecule has 0 radical (unpaired) electrons. The number of carbonyl (C=O) groups excluding carboxylic acids is 2. The van der Waals surface area contributed by atoms with Gasteiger partial charge in [-0.05, 0) is 195 Å². The normalized spacial score (nSPS) is 28.3. The van der Waals surface area contributed by atoms with Gasteiger partial charge >= 0.3 is 23.1 Å². The molecule has 4 aromatic rings. The monoisotopic (exact) mass is 966 g/mol. The Morgan fingerprint density at radius 1 is 0.636 bits per heavy atom. The average molecular weight is 968 g/mol. The second-order valence-electron chi connectivity index (χ2n) is 19.8. The number of halogens is 1. The summed E-state index contributed by atoms with van der Waals surface area (Å²) in [6.45, 7) is 9.74. The van der Waals surface area contributed by atoms with Crippen molar-refractivity contribution in [1.29, 1.82) is 0 Å². The number of ketones is 2. The maximum absolute atomic E-state index is 13.2. The van der Waals surface area contributed by atoms with Crippen LogP contribution in [0.15, 0.2) is 109 Å². The van der Waals surface area contributed by atoms with E-state index < -0.39 is 0 Å². The Balaban J connectivity index is 0.000000182. The fourth-order valence-corrected chi connectivity index (χ4v) is 13.0. The first-order valence-electron chi connectivity index (χ1n) is 24.4. The predicted octanol–water partition coefficient (Wildman–Crippen LogP) is 9.80. The molecule has 0 saturated heterocycles. The van der Waals surface area contributed by atoms with Crippen LogP contribution in [-0.4, -0.2) is 62.1 Å². The van der Waals surface area contributed by atoms with Gasteiger partial charge in [-0.2, -0.15) is 6.42 Å². The van der Waals surface area contributed by atoms with Crippen LogP contribution >= 0.6 is 0 Å². The standard InChI is InChI=1S/C29H36O3.C19H22O2.C10H13O.BrH.Mg/c1-29-16-15-25-24-14-12-23(31-2)18-20(24)11-13-26(25)28(29)21(19-27(29)30)8-6-7-17-32-22-9-4-3-5-10-22;1-19-10-9-15-14-6-4-13(21-2)11-12(14)3-5-16(15)17(19)7-8-18(19)20;1-2-3-9-11-10-7-5-4-6-8-10;;/h3-5,9-10,12,14,18,21,25-26,28H,6-8,11,13,15-17,19H2,1-2H3;4,6-8,11,15-17H,3,5,9-10H2,1-2H3;4-8H,1-3,9H2;1H;/q;;-1;;+2/p-1/t21-,25-,26-,28+,29-;15-,16-,17+,19+;;;/m11.../s1. The van der Waals surface area contributed by atoms with Gasteiger partial charge in [0, 0.05) is 17.3 Å². The number of methoxy groups -OCH3 is 2. The minimum atomic E-state index is -0.120. The summed E-state index contributed by atoms with van der Waals surface area (Å²) < 4.78 is 22.1. The van der Waals surface area contributed by atoms with E-state index in [4.69, 9.17) is 18.9 Å². The van der Waals surface area contributed by atoms with Crippen molar-refractivity contribution >= 4 is 34.6 Å². The van der Waals surface area contributed by atoms with Gasteiger partial charge in [-0.25, -0.2) is 0 Å². The summed E-state index contributed by atoms with van der Waals surface area (Å²) in [6, 6.07) is 33.1. The molecular weight excluding hydrogens is 897 g/mol. The molecule has 10 rings (SSSR count). The number of hydrogen-bond donors (Lipinski definition) is 0. The minimum absolute atomic E-state index is 0. The van der Waals surface area contributed by atoms with Crippen LogP contribution in [-0.2, 0) is 22.4 Å². The van der Waals surface area contributed by atoms with Crippen LogP contribution in [0.2, 0.25) is 0 Å². The van der Waals surface area contributed by atoms with Crippen molar-refractivity contribution in [2.75, 3.05) is 27.4 Å².